The molecule has 0 radical (unpaired) electrons. The van der Waals surface area contributed by atoms with Crippen molar-refractivity contribution in [2.45, 2.75) is 13.8 Å². The minimum absolute atomic E-state index is 0.122. The lowest BCUT2D eigenvalue weighted by molar-refractivity contribution is -0.390. The summed E-state index contributed by atoms with van der Waals surface area (Å²) >= 11 is 0. The first-order valence-corrected chi connectivity index (χ1v) is 9.94. The number of carbonyl (C=O) groups excluding carboxylic acids is 3. The number of benzene rings is 1. The van der Waals surface area contributed by atoms with Crippen LogP contribution in [0.2, 0.25) is 0 Å². The summed E-state index contributed by atoms with van der Waals surface area (Å²) < 4.78 is 16.6. The van der Waals surface area contributed by atoms with Crippen LogP contribution in [-0.4, -0.2) is 53.0 Å². The van der Waals surface area contributed by atoms with Crippen LogP contribution < -0.4 is 4.74 Å². The van der Waals surface area contributed by atoms with E-state index < -0.39 is 35.1 Å². The molecule has 0 unspecified atom stereocenters. The third-order valence-corrected chi connectivity index (χ3v) is 5.03. The molecule has 2 heterocycles. The average Bonchev–Trinajstić information content (AvgIpc) is 3.14. The van der Waals surface area contributed by atoms with Crippen molar-refractivity contribution in [1.82, 2.24) is 9.55 Å². The molecule has 11 nitrogen and oxygen atoms in total. The second-order valence-electron chi connectivity index (χ2n) is 7.17. The number of methoxy groups -OCH3 is 2. The maximum absolute atomic E-state index is 12.9. The van der Waals surface area contributed by atoms with Gasteiger partial charge in [0.2, 0.25) is 11.5 Å². The van der Waals surface area contributed by atoms with Gasteiger partial charge in [0.05, 0.1) is 25.3 Å². The molecule has 34 heavy (non-hydrogen) atoms. The van der Waals surface area contributed by atoms with E-state index in [0.29, 0.717) is 22.6 Å². The van der Waals surface area contributed by atoms with Gasteiger partial charge in [0.1, 0.15) is 6.20 Å². The highest BCUT2D eigenvalue weighted by Gasteiger charge is 2.22. The summed E-state index contributed by atoms with van der Waals surface area (Å²) in [6.45, 7) is 2.99. The van der Waals surface area contributed by atoms with Crippen LogP contribution in [-0.2, 0) is 9.47 Å². The average molecular weight is 467 g/mol. The maximum atomic E-state index is 12.9. The van der Waals surface area contributed by atoms with E-state index in [9.17, 15) is 24.5 Å². The van der Waals surface area contributed by atoms with Crippen LogP contribution in [0.4, 0.5) is 5.82 Å². The van der Waals surface area contributed by atoms with Gasteiger partial charge in [-0.15, -0.1) is 0 Å². The van der Waals surface area contributed by atoms with Crippen LogP contribution >= 0.6 is 0 Å². The topological polar surface area (TPSA) is 140 Å². The van der Waals surface area contributed by atoms with Crippen molar-refractivity contribution in [1.29, 1.82) is 0 Å². The number of hydrogen-bond donors (Lipinski definition) is 0. The highest BCUT2D eigenvalue weighted by molar-refractivity contribution is 5.99. The Morgan fingerprint density at radius 2 is 1.65 bits per heavy atom. The standard InChI is InChI=1S/C23H21N3O8/c1-13-8-18(19(27)12-34-20-6-5-7-24-21(20)26(30)31)14(2)25(13)17-10-15(22(28)32-3)9-16(11-17)23(29)33-4/h5-11H,12H2,1-4H3. The summed E-state index contributed by atoms with van der Waals surface area (Å²) in [5.74, 6) is -2.32. The summed E-state index contributed by atoms with van der Waals surface area (Å²) in [6, 6.07) is 8.86. The van der Waals surface area contributed by atoms with Crippen LogP contribution in [0.15, 0.2) is 42.6 Å². The van der Waals surface area contributed by atoms with Gasteiger partial charge in [0.25, 0.3) is 0 Å². The van der Waals surface area contributed by atoms with Crippen molar-refractivity contribution in [3.8, 4) is 11.4 Å². The van der Waals surface area contributed by atoms with Crippen LogP contribution in [0.3, 0.4) is 0 Å². The van der Waals surface area contributed by atoms with E-state index in [1.54, 1.807) is 24.5 Å². The smallest absolute Gasteiger partial charge is 0.406 e. The molecule has 3 aromatic rings. The highest BCUT2D eigenvalue weighted by Crippen LogP contribution is 2.26. The van der Waals surface area contributed by atoms with Crippen LogP contribution in [0.25, 0.3) is 5.69 Å². The Labute approximate surface area is 194 Å². The minimum Gasteiger partial charge on any atom is -0.477 e. The van der Waals surface area contributed by atoms with Gasteiger partial charge in [0.15, 0.2) is 6.61 Å². The first-order chi connectivity index (χ1) is 16.2. The number of carbonyl (C=O) groups is 3. The second-order valence-corrected chi connectivity index (χ2v) is 7.17. The number of Topliss-reactive ketones (excluding diaryl/α,β-unsaturated/α-hetero) is 1. The van der Waals surface area contributed by atoms with E-state index in [1.807, 2.05) is 0 Å². The molecule has 11 heteroatoms. The van der Waals surface area contributed by atoms with Gasteiger partial charge in [-0.25, -0.2) is 9.59 Å². The number of nitro groups is 1. The Morgan fingerprint density at radius 3 is 2.21 bits per heavy atom. The van der Waals surface area contributed by atoms with E-state index in [-0.39, 0.29) is 16.9 Å². The van der Waals surface area contributed by atoms with Gasteiger partial charge in [-0.1, -0.05) is 0 Å². The highest BCUT2D eigenvalue weighted by atomic mass is 16.6. The second kappa shape index (κ2) is 9.94. The molecule has 0 bridgehead atoms. The molecule has 0 spiro atoms. The first-order valence-electron chi connectivity index (χ1n) is 9.94. The molecule has 2 aromatic heterocycles. The number of hydrogen-bond acceptors (Lipinski definition) is 9. The van der Waals surface area contributed by atoms with Crippen molar-refractivity contribution in [3.05, 3.63) is 80.8 Å². The fourth-order valence-corrected chi connectivity index (χ4v) is 3.51. The van der Waals surface area contributed by atoms with Crippen LogP contribution in [0.5, 0.6) is 5.75 Å². The lowest BCUT2D eigenvalue weighted by Crippen LogP contribution is -2.14. The molecule has 3 rings (SSSR count). The Morgan fingerprint density at radius 1 is 1.03 bits per heavy atom. The molecule has 0 aliphatic carbocycles. The zero-order valence-corrected chi connectivity index (χ0v) is 18.9. The third kappa shape index (κ3) is 4.77. The van der Waals surface area contributed by atoms with E-state index in [2.05, 4.69) is 4.98 Å². The van der Waals surface area contributed by atoms with Crippen LogP contribution in [0.1, 0.15) is 42.5 Å². The molecule has 1 aromatic carbocycles. The molecular formula is C23H21N3O8. The van der Waals surface area contributed by atoms with E-state index in [1.165, 1.54) is 50.7 Å². The van der Waals surface area contributed by atoms with Gasteiger partial charge in [-0.2, -0.15) is 0 Å². The molecule has 0 atom stereocenters. The number of nitrogens with zero attached hydrogens (tertiary/aromatic N) is 3. The summed E-state index contributed by atoms with van der Waals surface area (Å²) in [4.78, 5) is 51.2. The van der Waals surface area contributed by atoms with Crippen molar-refractivity contribution >= 4 is 23.5 Å². The zero-order valence-electron chi connectivity index (χ0n) is 18.9. The quantitative estimate of drug-likeness (QED) is 0.211. The van der Waals surface area contributed by atoms with E-state index in [4.69, 9.17) is 14.2 Å². The van der Waals surface area contributed by atoms with Gasteiger partial charge in [0, 0.05) is 22.6 Å². The van der Waals surface area contributed by atoms with Crippen molar-refractivity contribution in [2.24, 2.45) is 0 Å². The van der Waals surface area contributed by atoms with Gasteiger partial charge < -0.3 is 28.9 Å². The zero-order chi connectivity index (χ0) is 25.0. The number of ketones is 1. The molecular weight excluding hydrogens is 446 g/mol. The number of rotatable bonds is 8. The van der Waals surface area contributed by atoms with Crippen LogP contribution in [0, 0.1) is 24.0 Å². The molecule has 0 saturated carbocycles. The predicted octanol–water partition coefficient (Wildman–Crippen LogP) is 3.23. The lowest BCUT2D eigenvalue weighted by atomic mass is 10.1. The molecule has 176 valence electrons. The summed E-state index contributed by atoms with van der Waals surface area (Å²) in [7, 11) is 2.45. The molecule has 0 aliphatic rings. The van der Waals surface area contributed by atoms with Gasteiger partial charge in [-0.05, 0) is 60.2 Å². The summed E-state index contributed by atoms with van der Waals surface area (Å²) in [5, 5.41) is 11.1. The molecule has 0 aliphatic heterocycles. The van der Waals surface area contributed by atoms with Crippen molar-refractivity contribution in [2.75, 3.05) is 20.8 Å². The van der Waals surface area contributed by atoms with Gasteiger partial charge >= 0.3 is 17.8 Å². The third-order valence-electron chi connectivity index (χ3n) is 5.03. The Bertz CT molecular complexity index is 1260. The molecule has 0 N–H and O–H groups in total. The summed E-state index contributed by atoms with van der Waals surface area (Å²) in [6.07, 6.45) is 1.26. The number of aromatic nitrogens is 2. The number of esters is 2. The van der Waals surface area contributed by atoms with E-state index in [0.717, 1.165) is 0 Å². The molecule has 0 saturated heterocycles. The van der Waals surface area contributed by atoms with Gasteiger partial charge in [-0.3, -0.25) is 4.79 Å². The summed E-state index contributed by atoms with van der Waals surface area (Å²) in [5.41, 5.74) is 2.19. The number of ether oxygens (including phenoxy) is 3. The Kier molecular flexibility index (Phi) is 7.05. The predicted molar refractivity (Wildman–Crippen MR) is 119 cm³/mol. The Hall–Kier alpha value is -4.54. The largest absolute Gasteiger partial charge is 0.477 e. The number of pyridine rings is 1. The van der Waals surface area contributed by atoms with Crippen molar-refractivity contribution in [3.63, 3.8) is 0 Å². The number of aryl methyl sites for hydroxylation is 1. The molecule has 0 fully saturated rings. The van der Waals surface area contributed by atoms with Crippen molar-refractivity contribution < 1.29 is 33.5 Å². The lowest BCUT2D eigenvalue weighted by Gasteiger charge is -2.13. The SMILES string of the molecule is COC(=O)c1cc(C(=O)OC)cc(-n2c(C)cc(C(=O)COc3cccnc3[N+](=O)[O-])c2C)c1. The maximum Gasteiger partial charge on any atom is 0.406 e. The fraction of sp³-hybridized carbons (Fsp3) is 0.217. The monoisotopic (exact) mass is 467 g/mol. The van der Waals surface area contributed by atoms with E-state index >= 15 is 0 Å². The minimum atomic E-state index is -0.696. The normalized spacial score (nSPS) is 10.5. The fourth-order valence-electron chi connectivity index (χ4n) is 3.51. The Balaban J connectivity index is 1.97. The first kappa shape index (κ1) is 24.1. The molecule has 0 amide bonds.